The van der Waals surface area contributed by atoms with Gasteiger partial charge in [0, 0.05) is 10.6 Å². The van der Waals surface area contributed by atoms with E-state index in [4.69, 9.17) is 0 Å². The van der Waals surface area contributed by atoms with Gasteiger partial charge in [-0.15, -0.1) is 23.7 Å². The summed E-state index contributed by atoms with van der Waals surface area (Å²) in [6.07, 6.45) is 1.57. The number of phenolic OH excluding ortho intramolecular Hbond substituents is 1. The fourth-order valence-corrected chi connectivity index (χ4v) is 2.96. The van der Waals surface area contributed by atoms with Gasteiger partial charge in [-0.3, -0.25) is 0 Å². The summed E-state index contributed by atoms with van der Waals surface area (Å²) in [6.45, 7) is 4.17. The van der Waals surface area contributed by atoms with E-state index in [0.717, 1.165) is 21.7 Å². The third kappa shape index (κ3) is 2.55. The smallest absolute Gasteiger partial charge is 0.142 e. The van der Waals surface area contributed by atoms with Crippen molar-refractivity contribution in [1.29, 1.82) is 0 Å². The molecule has 2 N–H and O–H groups in total. The first-order valence-electron chi connectivity index (χ1n) is 5.92. The highest BCUT2D eigenvalue weighted by Crippen LogP contribution is 2.33. The van der Waals surface area contributed by atoms with Crippen LogP contribution in [0.25, 0.3) is 10.2 Å². The normalized spacial score (nSPS) is 10.3. The Labute approximate surface area is 126 Å². The van der Waals surface area contributed by atoms with E-state index >= 15 is 0 Å². The van der Waals surface area contributed by atoms with Crippen LogP contribution in [0.2, 0.25) is 0 Å². The number of hydrogen-bond donors (Lipinski definition) is 2. The van der Waals surface area contributed by atoms with Gasteiger partial charge in [-0.25, -0.2) is 9.97 Å². The Morgan fingerprint density at radius 2 is 1.80 bits per heavy atom. The molecule has 0 amide bonds. The summed E-state index contributed by atoms with van der Waals surface area (Å²) in [6, 6.07) is 6.93. The lowest BCUT2D eigenvalue weighted by Gasteiger charge is -2.07. The summed E-state index contributed by atoms with van der Waals surface area (Å²) in [5.74, 6) is 1.05. The maximum atomic E-state index is 9.29. The molecule has 0 fully saturated rings. The number of aryl methyl sites for hydroxylation is 2. The molecule has 0 unspecified atom stereocenters. The van der Waals surface area contributed by atoms with Crippen LogP contribution in [0, 0.1) is 13.8 Å². The lowest BCUT2D eigenvalue weighted by atomic mass is 10.2. The van der Waals surface area contributed by atoms with E-state index in [0.29, 0.717) is 0 Å². The topological polar surface area (TPSA) is 58.0 Å². The highest BCUT2D eigenvalue weighted by atomic mass is 35.5. The van der Waals surface area contributed by atoms with E-state index in [2.05, 4.69) is 29.1 Å². The number of halogens is 1. The molecular formula is C14H14ClN3OS. The molecule has 0 aliphatic carbocycles. The summed E-state index contributed by atoms with van der Waals surface area (Å²) in [7, 11) is 0. The third-order valence-corrected chi connectivity index (χ3v) is 4.21. The number of nitrogens with one attached hydrogen (secondary N) is 1. The number of nitrogens with zero attached hydrogens (tertiary/aromatic N) is 2. The Kier molecular flexibility index (Phi) is 4.11. The van der Waals surface area contributed by atoms with Gasteiger partial charge in [-0.05, 0) is 43.7 Å². The highest BCUT2D eigenvalue weighted by molar-refractivity contribution is 7.18. The van der Waals surface area contributed by atoms with Crippen molar-refractivity contribution < 1.29 is 5.11 Å². The minimum Gasteiger partial charge on any atom is -0.508 e. The lowest BCUT2D eigenvalue weighted by molar-refractivity contribution is 0.475. The molecule has 3 aromatic rings. The number of benzene rings is 1. The summed E-state index contributed by atoms with van der Waals surface area (Å²) in [5, 5.41) is 13.6. The standard InChI is InChI=1S/C14H13N3OS.ClH/c1-8-9(2)19-14-12(8)13(15-7-16-14)17-10-3-5-11(18)6-4-10;/h3-7,18H,1-2H3,(H,15,16,17);1H. The Balaban J connectivity index is 0.00000147. The first-order valence-corrected chi connectivity index (χ1v) is 6.73. The monoisotopic (exact) mass is 307 g/mol. The first-order chi connectivity index (χ1) is 9.15. The lowest BCUT2D eigenvalue weighted by Crippen LogP contribution is -1.95. The predicted octanol–water partition coefficient (Wildman–Crippen LogP) is 4.18. The summed E-state index contributed by atoms with van der Waals surface area (Å²) in [5.41, 5.74) is 2.10. The molecule has 104 valence electrons. The molecule has 0 aliphatic rings. The molecule has 4 nitrogen and oxygen atoms in total. The minimum atomic E-state index is 0. The van der Waals surface area contributed by atoms with Crippen LogP contribution < -0.4 is 5.32 Å². The third-order valence-electron chi connectivity index (χ3n) is 3.10. The zero-order valence-corrected chi connectivity index (χ0v) is 12.7. The fraction of sp³-hybridized carbons (Fsp3) is 0.143. The molecule has 3 rings (SSSR count). The zero-order chi connectivity index (χ0) is 13.4. The molecule has 6 heteroatoms. The van der Waals surface area contributed by atoms with Crippen LogP contribution in [-0.4, -0.2) is 15.1 Å². The van der Waals surface area contributed by atoms with E-state index in [-0.39, 0.29) is 18.2 Å². The van der Waals surface area contributed by atoms with Crippen LogP contribution in [0.1, 0.15) is 10.4 Å². The molecule has 20 heavy (non-hydrogen) atoms. The molecule has 0 spiro atoms. The maximum absolute atomic E-state index is 9.29. The summed E-state index contributed by atoms with van der Waals surface area (Å²) in [4.78, 5) is 10.9. The van der Waals surface area contributed by atoms with Gasteiger partial charge >= 0.3 is 0 Å². The van der Waals surface area contributed by atoms with Crippen molar-refractivity contribution in [3.63, 3.8) is 0 Å². The Bertz CT molecular complexity index is 740. The van der Waals surface area contributed by atoms with Crippen molar-refractivity contribution in [2.24, 2.45) is 0 Å². The highest BCUT2D eigenvalue weighted by Gasteiger charge is 2.11. The number of anilines is 2. The molecule has 0 bridgehead atoms. The van der Waals surface area contributed by atoms with Gasteiger partial charge in [-0.2, -0.15) is 0 Å². The van der Waals surface area contributed by atoms with Crippen LogP contribution in [0.3, 0.4) is 0 Å². The van der Waals surface area contributed by atoms with Gasteiger partial charge in [0.2, 0.25) is 0 Å². The molecular weight excluding hydrogens is 294 g/mol. The Morgan fingerprint density at radius 1 is 1.10 bits per heavy atom. The quantitative estimate of drug-likeness (QED) is 0.697. The zero-order valence-electron chi connectivity index (χ0n) is 11.0. The molecule has 0 radical (unpaired) electrons. The summed E-state index contributed by atoms with van der Waals surface area (Å²) >= 11 is 1.67. The number of thiophene rings is 1. The van der Waals surface area contributed by atoms with Crippen molar-refractivity contribution in [3.05, 3.63) is 41.0 Å². The van der Waals surface area contributed by atoms with Gasteiger partial charge in [0.1, 0.15) is 22.7 Å². The van der Waals surface area contributed by atoms with E-state index in [1.54, 1.807) is 29.8 Å². The number of aromatic nitrogens is 2. The second-order valence-electron chi connectivity index (χ2n) is 4.36. The van der Waals surface area contributed by atoms with Gasteiger partial charge < -0.3 is 10.4 Å². The number of rotatable bonds is 2. The van der Waals surface area contributed by atoms with Gasteiger partial charge in [0.25, 0.3) is 0 Å². The minimum absolute atomic E-state index is 0. The molecule has 2 heterocycles. The fourth-order valence-electron chi connectivity index (χ4n) is 1.96. The average Bonchev–Trinajstić information content (AvgIpc) is 2.69. The van der Waals surface area contributed by atoms with Gasteiger partial charge in [0.15, 0.2) is 0 Å². The second-order valence-corrected chi connectivity index (χ2v) is 5.56. The van der Waals surface area contributed by atoms with E-state index in [1.165, 1.54) is 10.4 Å². The van der Waals surface area contributed by atoms with Crippen molar-refractivity contribution in [1.82, 2.24) is 9.97 Å². The van der Waals surface area contributed by atoms with Crippen molar-refractivity contribution >= 4 is 45.5 Å². The van der Waals surface area contributed by atoms with Crippen molar-refractivity contribution in [2.75, 3.05) is 5.32 Å². The average molecular weight is 308 g/mol. The Morgan fingerprint density at radius 3 is 2.50 bits per heavy atom. The van der Waals surface area contributed by atoms with Crippen LogP contribution in [0.15, 0.2) is 30.6 Å². The summed E-state index contributed by atoms with van der Waals surface area (Å²) < 4.78 is 0. The number of hydrogen-bond acceptors (Lipinski definition) is 5. The SMILES string of the molecule is Cc1sc2ncnc(Nc3ccc(O)cc3)c2c1C.Cl. The molecule has 0 aliphatic heterocycles. The first kappa shape index (κ1) is 14.6. The number of aromatic hydroxyl groups is 1. The van der Waals surface area contributed by atoms with Gasteiger partial charge in [-0.1, -0.05) is 0 Å². The number of phenols is 1. The second kappa shape index (κ2) is 5.64. The van der Waals surface area contributed by atoms with Gasteiger partial charge in [0.05, 0.1) is 5.39 Å². The molecule has 1 aromatic carbocycles. The van der Waals surface area contributed by atoms with E-state index in [1.807, 2.05) is 12.1 Å². The molecule has 0 saturated carbocycles. The largest absolute Gasteiger partial charge is 0.508 e. The van der Waals surface area contributed by atoms with Crippen LogP contribution in [0.5, 0.6) is 5.75 Å². The predicted molar refractivity (Wildman–Crippen MR) is 85.5 cm³/mol. The van der Waals surface area contributed by atoms with Crippen LogP contribution >= 0.6 is 23.7 Å². The molecule has 0 saturated heterocycles. The van der Waals surface area contributed by atoms with Crippen molar-refractivity contribution in [3.8, 4) is 5.75 Å². The van der Waals surface area contributed by atoms with Crippen LogP contribution in [-0.2, 0) is 0 Å². The molecule has 0 atom stereocenters. The molecule has 2 aromatic heterocycles. The Hall–Kier alpha value is -1.85. The van der Waals surface area contributed by atoms with E-state index < -0.39 is 0 Å². The van der Waals surface area contributed by atoms with Crippen molar-refractivity contribution in [2.45, 2.75) is 13.8 Å². The number of fused-ring (bicyclic) bond motifs is 1. The van der Waals surface area contributed by atoms with E-state index in [9.17, 15) is 5.11 Å². The van der Waals surface area contributed by atoms with Crippen LogP contribution in [0.4, 0.5) is 11.5 Å². The maximum Gasteiger partial charge on any atom is 0.142 e.